The lowest BCUT2D eigenvalue weighted by Crippen LogP contribution is -2.64. The van der Waals surface area contributed by atoms with Gasteiger partial charge in [0.15, 0.2) is 0 Å². The first-order valence-corrected chi connectivity index (χ1v) is 9.77. The number of rotatable bonds is 7. The van der Waals surface area contributed by atoms with Gasteiger partial charge in [0.1, 0.15) is 11.4 Å². The summed E-state index contributed by atoms with van der Waals surface area (Å²) in [4.78, 5) is 28.4. The van der Waals surface area contributed by atoms with Crippen molar-refractivity contribution in [2.24, 2.45) is 0 Å². The third kappa shape index (κ3) is 7.12. The van der Waals surface area contributed by atoms with Gasteiger partial charge >= 0.3 is 5.97 Å². The summed E-state index contributed by atoms with van der Waals surface area (Å²) in [5.74, 6) is 0.172. The number of benzene rings is 1. The van der Waals surface area contributed by atoms with Crippen molar-refractivity contribution < 1.29 is 14.3 Å². The summed E-state index contributed by atoms with van der Waals surface area (Å²) in [6.45, 7) is 7.61. The summed E-state index contributed by atoms with van der Waals surface area (Å²) in [5, 5.41) is 6.26. The third-order valence-electron chi connectivity index (χ3n) is 5.67. The first-order chi connectivity index (χ1) is 13.1. The Morgan fingerprint density at radius 3 is 2.38 bits per heavy atom. The Labute approximate surface area is 185 Å². The summed E-state index contributed by atoms with van der Waals surface area (Å²) in [5.41, 5.74) is -0.742. The Balaban J connectivity index is 0.00000210. The van der Waals surface area contributed by atoms with Gasteiger partial charge in [-0.2, -0.15) is 0 Å². The van der Waals surface area contributed by atoms with Gasteiger partial charge < -0.3 is 15.4 Å². The van der Waals surface area contributed by atoms with Crippen LogP contribution in [0.3, 0.4) is 0 Å². The SMILES string of the molecule is CC(CC(=O)Oc1ccccc1)(NC=O)N1CCN(C2CCNCC2)CC1.Cl.Cl. The molecule has 0 spiro atoms. The van der Waals surface area contributed by atoms with Gasteiger partial charge in [0.05, 0.1) is 6.42 Å². The number of carbonyl (C=O) groups is 2. The minimum atomic E-state index is -0.742. The van der Waals surface area contributed by atoms with Gasteiger partial charge in [0, 0.05) is 32.2 Å². The number of carbonyl (C=O) groups excluding carboxylic acids is 2. The highest BCUT2D eigenvalue weighted by atomic mass is 35.5. The van der Waals surface area contributed by atoms with Crippen LogP contribution in [0.2, 0.25) is 0 Å². The van der Waals surface area contributed by atoms with Crippen LogP contribution in [0.1, 0.15) is 26.2 Å². The number of para-hydroxylation sites is 1. The number of ether oxygens (including phenoxy) is 1. The van der Waals surface area contributed by atoms with Gasteiger partial charge in [-0.15, -0.1) is 24.8 Å². The second-order valence-corrected chi connectivity index (χ2v) is 7.50. The molecule has 1 aromatic carbocycles. The molecule has 1 aromatic rings. The molecule has 164 valence electrons. The number of piperidine rings is 1. The van der Waals surface area contributed by atoms with Crippen LogP contribution in [0.5, 0.6) is 5.75 Å². The third-order valence-corrected chi connectivity index (χ3v) is 5.67. The van der Waals surface area contributed by atoms with Crippen molar-refractivity contribution in [2.75, 3.05) is 39.3 Å². The lowest BCUT2D eigenvalue weighted by Gasteiger charge is -2.47. The van der Waals surface area contributed by atoms with Crippen molar-refractivity contribution in [3.8, 4) is 5.75 Å². The van der Waals surface area contributed by atoms with E-state index in [1.807, 2.05) is 25.1 Å². The fourth-order valence-electron chi connectivity index (χ4n) is 4.07. The predicted octanol–water partition coefficient (Wildman–Crippen LogP) is 1.66. The van der Waals surface area contributed by atoms with Crippen molar-refractivity contribution in [3.05, 3.63) is 30.3 Å². The first-order valence-electron chi connectivity index (χ1n) is 9.77. The van der Waals surface area contributed by atoms with Gasteiger partial charge in [0.2, 0.25) is 6.41 Å². The minimum Gasteiger partial charge on any atom is -0.426 e. The number of amides is 1. The number of nitrogens with one attached hydrogen (secondary N) is 2. The van der Waals surface area contributed by atoms with E-state index < -0.39 is 5.66 Å². The fourth-order valence-corrected chi connectivity index (χ4v) is 4.07. The highest BCUT2D eigenvalue weighted by Crippen LogP contribution is 2.22. The lowest BCUT2D eigenvalue weighted by molar-refractivity contribution is -0.139. The van der Waals surface area contributed by atoms with Gasteiger partial charge in [-0.25, -0.2) is 0 Å². The van der Waals surface area contributed by atoms with Crippen molar-refractivity contribution in [3.63, 3.8) is 0 Å². The van der Waals surface area contributed by atoms with Crippen LogP contribution in [0.25, 0.3) is 0 Å². The molecular weight excluding hydrogens is 415 g/mol. The van der Waals surface area contributed by atoms with Crippen LogP contribution < -0.4 is 15.4 Å². The molecule has 0 bridgehead atoms. The van der Waals surface area contributed by atoms with Crippen LogP contribution >= 0.6 is 24.8 Å². The monoisotopic (exact) mass is 446 g/mol. The Morgan fingerprint density at radius 2 is 1.79 bits per heavy atom. The number of hydrogen-bond donors (Lipinski definition) is 2. The molecule has 7 nitrogen and oxygen atoms in total. The molecule has 0 radical (unpaired) electrons. The lowest BCUT2D eigenvalue weighted by atomic mass is 10.0. The van der Waals surface area contributed by atoms with Crippen molar-refractivity contribution in [1.29, 1.82) is 0 Å². The number of piperazine rings is 1. The Morgan fingerprint density at radius 1 is 1.17 bits per heavy atom. The van der Waals surface area contributed by atoms with Gasteiger partial charge in [-0.05, 0) is 45.0 Å². The second-order valence-electron chi connectivity index (χ2n) is 7.50. The number of halogens is 2. The molecule has 2 heterocycles. The topological polar surface area (TPSA) is 73.9 Å². The van der Waals surface area contributed by atoms with Crippen LogP contribution in [0.4, 0.5) is 0 Å². The zero-order valence-electron chi connectivity index (χ0n) is 16.8. The summed E-state index contributed by atoms with van der Waals surface area (Å²) in [7, 11) is 0. The van der Waals surface area contributed by atoms with E-state index in [4.69, 9.17) is 4.74 Å². The molecule has 1 amide bonds. The molecule has 1 unspecified atom stereocenters. The summed E-state index contributed by atoms with van der Waals surface area (Å²) >= 11 is 0. The van der Waals surface area contributed by atoms with E-state index in [-0.39, 0.29) is 37.2 Å². The molecule has 2 aliphatic heterocycles. The molecule has 29 heavy (non-hydrogen) atoms. The maximum atomic E-state index is 12.4. The predicted molar refractivity (Wildman–Crippen MR) is 118 cm³/mol. The molecule has 2 aliphatic rings. The van der Waals surface area contributed by atoms with E-state index in [9.17, 15) is 9.59 Å². The largest absolute Gasteiger partial charge is 0.426 e. The first kappa shape index (κ1) is 25.7. The van der Waals surface area contributed by atoms with Crippen molar-refractivity contribution in [2.45, 2.75) is 37.9 Å². The van der Waals surface area contributed by atoms with Crippen molar-refractivity contribution in [1.82, 2.24) is 20.4 Å². The molecule has 3 rings (SSSR count). The van der Waals surface area contributed by atoms with E-state index in [2.05, 4.69) is 20.4 Å². The number of hydrogen-bond acceptors (Lipinski definition) is 6. The average Bonchev–Trinajstić information content (AvgIpc) is 2.69. The standard InChI is InChI=1S/C20H30N4O3.2ClH/c1-20(22-16-25,15-19(26)27-18-5-3-2-4-6-18)24-13-11-23(12-14-24)17-7-9-21-10-8-17;;/h2-6,16-17,21H,7-15H2,1H3,(H,22,25);2*1H. The van der Waals surface area contributed by atoms with Gasteiger partial charge in [-0.1, -0.05) is 18.2 Å². The summed E-state index contributed by atoms with van der Waals surface area (Å²) in [6.07, 6.45) is 3.16. The molecule has 2 fully saturated rings. The van der Waals surface area contributed by atoms with E-state index in [0.29, 0.717) is 18.2 Å². The molecule has 2 N–H and O–H groups in total. The highest BCUT2D eigenvalue weighted by molar-refractivity contribution is 5.85. The molecule has 0 aromatic heterocycles. The molecule has 0 saturated carbocycles. The molecule has 1 atom stereocenters. The van der Waals surface area contributed by atoms with E-state index >= 15 is 0 Å². The highest BCUT2D eigenvalue weighted by Gasteiger charge is 2.37. The summed E-state index contributed by atoms with van der Waals surface area (Å²) in [6, 6.07) is 9.66. The van der Waals surface area contributed by atoms with Crippen LogP contribution in [-0.4, -0.2) is 73.2 Å². The Kier molecular flexibility index (Phi) is 10.9. The van der Waals surface area contributed by atoms with Crippen LogP contribution in [0, 0.1) is 0 Å². The van der Waals surface area contributed by atoms with Crippen LogP contribution in [-0.2, 0) is 9.59 Å². The minimum absolute atomic E-state index is 0. The van der Waals surface area contributed by atoms with Gasteiger partial charge in [0.25, 0.3) is 0 Å². The van der Waals surface area contributed by atoms with Gasteiger partial charge in [-0.3, -0.25) is 19.4 Å². The van der Waals surface area contributed by atoms with E-state index in [0.717, 1.165) is 39.3 Å². The zero-order chi connectivity index (χ0) is 19.1. The second kappa shape index (κ2) is 12.3. The smallest absolute Gasteiger partial charge is 0.314 e. The Hall–Kier alpha value is -1.38. The van der Waals surface area contributed by atoms with Crippen molar-refractivity contribution >= 4 is 37.2 Å². The van der Waals surface area contributed by atoms with E-state index in [1.165, 1.54) is 12.8 Å². The molecule has 9 heteroatoms. The average molecular weight is 447 g/mol. The molecule has 2 saturated heterocycles. The zero-order valence-corrected chi connectivity index (χ0v) is 18.5. The molecule has 0 aliphatic carbocycles. The normalized spacial score (nSPS) is 20.4. The van der Waals surface area contributed by atoms with Crippen LogP contribution in [0.15, 0.2) is 30.3 Å². The quantitative estimate of drug-likeness (QED) is 0.376. The number of nitrogens with zero attached hydrogens (tertiary/aromatic N) is 2. The summed E-state index contributed by atoms with van der Waals surface area (Å²) < 4.78 is 5.42. The van der Waals surface area contributed by atoms with E-state index in [1.54, 1.807) is 12.1 Å². The fraction of sp³-hybridized carbons (Fsp3) is 0.600. The Bertz CT molecular complexity index is 623. The maximum Gasteiger partial charge on any atom is 0.314 e. The maximum absolute atomic E-state index is 12.4. The number of esters is 1. The molecular formula is C20H32Cl2N4O3.